The van der Waals surface area contributed by atoms with Gasteiger partial charge in [-0.3, -0.25) is 25.2 Å². The zero-order chi connectivity index (χ0) is 18.1. The predicted molar refractivity (Wildman–Crippen MR) is 86.2 cm³/mol. The molecule has 1 fully saturated rings. The van der Waals surface area contributed by atoms with Crippen LogP contribution in [-0.2, 0) is 9.53 Å². The molecule has 4 atom stereocenters. The number of methoxy groups -OCH3 is 2. The molecule has 0 amide bonds. The second-order valence-corrected chi connectivity index (χ2v) is 6.90. The standard InChI is InChI=1S/C16H23N3O5/c1-16(2,3)10-12(15(20)24-5)18-13(14(10)19(21)22)11-9(23-4)7-6-8-17-11/h6-8,10,12-14,18H,1-5H3/t10-,12+,13+,14+/m1/s1. The van der Waals surface area contributed by atoms with Crippen LogP contribution in [0.3, 0.4) is 0 Å². The lowest BCUT2D eigenvalue weighted by molar-refractivity contribution is -0.535. The van der Waals surface area contributed by atoms with Crippen LogP contribution in [0.2, 0.25) is 0 Å². The van der Waals surface area contributed by atoms with Crippen molar-refractivity contribution in [3.8, 4) is 5.75 Å². The fraction of sp³-hybridized carbons (Fsp3) is 0.625. The van der Waals surface area contributed by atoms with Crippen molar-refractivity contribution in [3.05, 3.63) is 34.1 Å². The Morgan fingerprint density at radius 3 is 2.54 bits per heavy atom. The van der Waals surface area contributed by atoms with Gasteiger partial charge in [-0.25, -0.2) is 0 Å². The third kappa shape index (κ3) is 3.19. The maximum Gasteiger partial charge on any atom is 0.323 e. The molecule has 132 valence electrons. The van der Waals surface area contributed by atoms with Crippen molar-refractivity contribution >= 4 is 5.97 Å². The maximum absolute atomic E-state index is 12.2. The van der Waals surface area contributed by atoms with Crippen LogP contribution in [0, 0.1) is 21.4 Å². The summed E-state index contributed by atoms with van der Waals surface area (Å²) in [4.78, 5) is 28.0. The number of nitrogens with one attached hydrogen (secondary N) is 1. The third-order valence-electron chi connectivity index (χ3n) is 4.44. The van der Waals surface area contributed by atoms with Gasteiger partial charge in [-0.1, -0.05) is 20.8 Å². The molecule has 0 unspecified atom stereocenters. The van der Waals surface area contributed by atoms with Crippen molar-refractivity contribution in [2.24, 2.45) is 11.3 Å². The maximum atomic E-state index is 12.2. The molecule has 1 aromatic heterocycles. The SMILES string of the molecule is COC(=O)[C@H]1N[C@@H](c2ncccc2OC)[C@@H]([N+](=O)[O-])[C@@H]1C(C)(C)C. The average Bonchev–Trinajstić information content (AvgIpc) is 2.94. The van der Waals surface area contributed by atoms with E-state index in [2.05, 4.69) is 10.3 Å². The highest BCUT2D eigenvalue weighted by Gasteiger charge is 2.59. The summed E-state index contributed by atoms with van der Waals surface area (Å²) in [6, 6.07) is 0.820. The number of hydrogen-bond acceptors (Lipinski definition) is 7. The van der Waals surface area contributed by atoms with Crippen molar-refractivity contribution < 1.29 is 19.2 Å². The Morgan fingerprint density at radius 1 is 1.38 bits per heavy atom. The fourth-order valence-corrected chi connectivity index (χ4v) is 3.46. The van der Waals surface area contributed by atoms with Crippen LogP contribution in [0.15, 0.2) is 18.3 Å². The fourth-order valence-electron chi connectivity index (χ4n) is 3.46. The highest BCUT2D eigenvalue weighted by atomic mass is 16.6. The summed E-state index contributed by atoms with van der Waals surface area (Å²) in [7, 11) is 2.76. The summed E-state index contributed by atoms with van der Waals surface area (Å²) >= 11 is 0. The highest BCUT2D eigenvalue weighted by molar-refractivity contribution is 5.77. The second kappa shape index (κ2) is 6.72. The molecule has 1 aliphatic heterocycles. The second-order valence-electron chi connectivity index (χ2n) is 6.90. The Bertz CT molecular complexity index is 628. The Balaban J connectivity index is 2.55. The zero-order valence-electron chi connectivity index (χ0n) is 14.5. The van der Waals surface area contributed by atoms with E-state index in [-0.39, 0.29) is 4.92 Å². The number of nitro groups is 1. The van der Waals surface area contributed by atoms with Crippen LogP contribution in [0.4, 0.5) is 0 Å². The van der Waals surface area contributed by atoms with E-state index in [0.29, 0.717) is 11.4 Å². The summed E-state index contributed by atoms with van der Waals surface area (Å²) in [5, 5.41) is 14.9. The summed E-state index contributed by atoms with van der Waals surface area (Å²) in [6.45, 7) is 5.64. The van der Waals surface area contributed by atoms with E-state index in [0.717, 1.165) is 0 Å². The van der Waals surface area contributed by atoms with E-state index in [1.165, 1.54) is 14.2 Å². The van der Waals surface area contributed by atoms with Gasteiger partial charge in [0.1, 0.15) is 23.5 Å². The van der Waals surface area contributed by atoms with Gasteiger partial charge >= 0.3 is 5.97 Å². The highest BCUT2D eigenvalue weighted by Crippen LogP contribution is 2.44. The molecule has 2 rings (SSSR count). The molecule has 0 bridgehead atoms. The Labute approximate surface area is 140 Å². The number of rotatable bonds is 4. The van der Waals surface area contributed by atoms with Gasteiger partial charge in [-0.2, -0.15) is 0 Å². The smallest absolute Gasteiger partial charge is 0.323 e. The van der Waals surface area contributed by atoms with Crippen molar-refractivity contribution in [2.75, 3.05) is 14.2 Å². The number of aromatic nitrogens is 1. The van der Waals surface area contributed by atoms with E-state index < -0.39 is 35.4 Å². The molecular weight excluding hydrogens is 314 g/mol. The van der Waals surface area contributed by atoms with Crippen LogP contribution in [0.5, 0.6) is 5.75 Å². The first kappa shape index (κ1) is 18.1. The third-order valence-corrected chi connectivity index (χ3v) is 4.44. The van der Waals surface area contributed by atoms with Crippen LogP contribution in [0.25, 0.3) is 0 Å². The van der Waals surface area contributed by atoms with Gasteiger partial charge in [-0.05, 0) is 17.5 Å². The molecule has 8 nitrogen and oxygen atoms in total. The minimum absolute atomic E-state index is 0.343. The number of carbonyl (C=O) groups excluding carboxylic acids is 1. The van der Waals surface area contributed by atoms with Crippen LogP contribution < -0.4 is 10.1 Å². The molecule has 1 aromatic rings. The molecule has 24 heavy (non-hydrogen) atoms. The molecule has 0 radical (unpaired) electrons. The van der Waals surface area contributed by atoms with Gasteiger partial charge < -0.3 is 9.47 Å². The Morgan fingerprint density at radius 2 is 2.04 bits per heavy atom. The van der Waals surface area contributed by atoms with Crippen LogP contribution in [-0.4, -0.2) is 42.2 Å². The lowest BCUT2D eigenvalue weighted by atomic mass is 9.73. The average molecular weight is 337 g/mol. The summed E-state index contributed by atoms with van der Waals surface area (Å²) in [5.41, 5.74) is -0.0669. The molecule has 0 aliphatic carbocycles. The first-order valence-electron chi connectivity index (χ1n) is 7.68. The normalized spacial score (nSPS) is 26.9. The minimum atomic E-state index is -1.03. The molecule has 0 saturated carbocycles. The zero-order valence-corrected chi connectivity index (χ0v) is 14.5. The van der Waals surface area contributed by atoms with Gasteiger partial charge in [0.15, 0.2) is 0 Å². The first-order chi connectivity index (χ1) is 11.2. The van der Waals surface area contributed by atoms with Gasteiger partial charge in [0.25, 0.3) is 0 Å². The van der Waals surface area contributed by atoms with Crippen LogP contribution >= 0.6 is 0 Å². The minimum Gasteiger partial charge on any atom is -0.495 e. The molecule has 2 heterocycles. The quantitative estimate of drug-likeness (QED) is 0.505. The topological polar surface area (TPSA) is 104 Å². The number of pyridine rings is 1. The Kier molecular flexibility index (Phi) is 5.08. The predicted octanol–water partition coefficient (Wildman–Crippen LogP) is 1.58. The monoisotopic (exact) mass is 337 g/mol. The van der Waals surface area contributed by atoms with Gasteiger partial charge in [-0.15, -0.1) is 0 Å². The van der Waals surface area contributed by atoms with Crippen molar-refractivity contribution in [1.29, 1.82) is 0 Å². The van der Waals surface area contributed by atoms with Crippen LogP contribution in [0.1, 0.15) is 32.5 Å². The van der Waals surface area contributed by atoms with Gasteiger partial charge in [0.2, 0.25) is 6.04 Å². The van der Waals surface area contributed by atoms with E-state index in [1.54, 1.807) is 18.3 Å². The summed E-state index contributed by atoms with van der Waals surface area (Å²) < 4.78 is 10.1. The molecule has 0 spiro atoms. The van der Waals surface area contributed by atoms with Crippen molar-refractivity contribution in [2.45, 2.75) is 38.9 Å². The number of carbonyl (C=O) groups is 1. The number of ether oxygens (including phenoxy) is 2. The molecule has 1 aliphatic rings. The van der Waals surface area contributed by atoms with Gasteiger partial charge in [0.05, 0.1) is 20.1 Å². The number of nitrogens with zero attached hydrogens (tertiary/aromatic N) is 2. The van der Waals surface area contributed by atoms with Crippen molar-refractivity contribution in [3.63, 3.8) is 0 Å². The number of esters is 1. The summed E-state index contributed by atoms with van der Waals surface area (Å²) in [6.07, 6.45) is 1.55. The largest absolute Gasteiger partial charge is 0.495 e. The van der Waals surface area contributed by atoms with Gasteiger partial charge in [0, 0.05) is 11.1 Å². The lowest BCUT2D eigenvalue weighted by Crippen LogP contribution is -2.45. The van der Waals surface area contributed by atoms with E-state index in [1.807, 2.05) is 20.8 Å². The molecule has 8 heteroatoms. The summed E-state index contributed by atoms with van der Waals surface area (Å²) in [5.74, 6) is -0.629. The molecular formula is C16H23N3O5. The van der Waals surface area contributed by atoms with E-state index in [9.17, 15) is 14.9 Å². The molecule has 1 N–H and O–H groups in total. The van der Waals surface area contributed by atoms with E-state index >= 15 is 0 Å². The lowest BCUT2D eigenvalue weighted by Gasteiger charge is -2.31. The van der Waals surface area contributed by atoms with Crippen molar-refractivity contribution in [1.82, 2.24) is 10.3 Å². The molecule has 0 aromatic carbocycles. The Hall–Kier alpha value is -2.22. The first-order valence-corrected chi connectivity index (χ1v) is 7.68. The molecule has 1 saturated heterocycles. The van der Waals surface area contributed by atoms with E-state index in [4.69, 9.17) is 9.47 Å². The number of hydrogen-bond donors (Lipinski definition) is 1.